The summed E-state index contributed by atoms with van der Waals surface area (Å²) in [5, 5.41) is 12.6. The Morgan fingerprint density at radius 3 is 2.00 bits per heavy atom. The van der Waals surface area contributed by atoms with Crippen LogP contribution in [0.25, 0.3) is 0 Å². The molecule has 4 rings (SSSR count). The Kier molecular flexibility index (Phi) is 5.24. The molecule has 28 heavy (non-hydrogen) atoms. The molecule has 0 radical (unpaired) electrons. The fourth-order valence-electron chi connectivity index (χ4n) is 5.04. The minimum Gasteiger partial charge on any atom is -0.480 e. The van der Waals surface area contributed by atoms with E-state index in [0.717, 1.165) is 24.8 Å². The fourth-order valence-corrected chi connectivity index (χ4v) is 5.04. The lowest BCUT2D eigenvalue weighted by molar-refractivity contribution is -0.149. The number of aliphatic carboxylic acids is 1. The first-order valence-electron chi connectivity index (χ1n) is 11.1. The average molecular weight is 384 g/mol. The summed E-state index contributed by atoms with van der Waals surface area (Å²) in [5.41, 5.74) is 4.41. The van der Waals surface area contributed by atoms with Gasteiger partial charge >= 0.3 is 5.97 Å². The molecule has 1 aromatic rings. The zero-order chi connectivity index (χ0) is 19.9. The number of hydrogen-bond donors (Lipinski definition) is 2. The van der Waals surface area contributed by atoms with E-state index in [4.69, 9.17) is 0 Å². The topological polar surface area (TPSA) is 66.4 Å². The first-order chi connectivity index (χ1) is 13.4. The Bertz CT molecular complexity index is 735. The molecule has 4 nitrogen and oxygen atoms in total. The van der Waals surface area contributed by atoms with Gasteiger partial charge < -0.3 is 10.4 Å². The Labute approximate surface area is 168 Å². The minimum absolute atomic E-state index is 0.148. The van der Waals surface area contributed by atoms with Gasteiger partial charge in [0.25, 0.3) is 0 Å². The van der Waals surface area contributed by atoms with Crippen molar-refractivity contribution in [3.8, 4) is 0 Å². The summed E-state index contributed by atoms with van der Waals surface area (Å²) >= 11 is 0. The van der Waals surface area contributed by atoms with E-state index in [9.17, 15) is 14.7 Å². The Balaban J connectivity index is 1.57. The predicted molar refractivity (Wildman–Crippen MR) is 110 cm³/mol. The van der Waals surface area contributed by atoms with Crippen molar-refractivity contribution in [1.29, 1.82) is 0 Å². The molecule has 3 saturated carbocycles. The lowest BCUT2D eigenvalue weighted by Crippen LogP contribution is -2.56. The maximum Gasteiger partial charge on any atom is 0.329 e. The number of rotatable bonds is 7. The number of carboxylic acids is 1. The predicted octanol–water partition coefficient (Wildman–Crippen LogP) is 5.01. The van der Waals surface area contributed by atoms with Gasteiger partial charge in [-0.15, -0.1) is 0 Å². The van der Waals surface area contributed by atoms with Crippen molar-refractivity contribution in [2.45, 2.75) is 101 Å². The Morgan fingerprint density at radius 1 is 1.04 bits per heavy atom. The highest BCUT2D eigenvalue weighted by atomic mass is 16.4. The van der Waals surface area contributed by atoms with E-state index >= 15 is 0 Å². The normalized spacial score (nSPS) is 21.5. The monoisotopic (exact) mass is 383 g/mol. The second-order valence-corrected chi connectivity index (χ2v) is 9.56. The third-order valence-corrected chi connectivity index (χ3v) is 6.78. The van der Waals surface area contributed by atoms with E-state index in [-0.39, 0.29) is 12.3 Å². The van der Waals surface area contributed by atoms with Crippen molar-refractivity contribution in [1.82, 2.24) is 5.32 Å². The first kappa shape index (κ1) is 19.5. The summed E-state index contributed by atoms with van der Waals surface area (Å²) in [6, 6.07) is 4.49. The number of benzene rings is 1. The summed E-state index contributed by atoms with van der Waals surface area (Å²) in [6.45, 7) is 4.55. The van der Waals surface area contributed by atoms with Crippen molar-refractivity contribution in [3.63, 3.8) is 0 Å². The molecular formula is C24H33NO3. The third-order valence-electron chi connectivity index (χ3n) is 6.78. The average Bonchev–Trinajstić information content (AvgIpc) is 3.55. The third kappa shape index (κ3) is 3.97. The van der Waals surface area contributed by atoms with Crippen LogP contribution in [0.3, 0.4) is 0 Å². The van der Waals surface area contributed by atoms with Crippen molar-refractivity contribution in [3.05, 3.63) is 34.4 Å². The molecule has 3 aliphatic rings. The smallest absolute Gasteiger partial charge is 0.329 e. The molecule has 0 heterocycles. The van der Waals surface area contributed by atoms with Gasteiger partial charge in [-0.2, -0.15) is 0 Å². The van der Waals surface area contributed by atoms with Crippen molar-refractivity contribution >= 4 is 11.9 Å². The van der Waals surface area contributed by atoms with Gasteiger partial charge in [-0.3, -0.25) is 4.79 Å². The van der Waals surface area contributed by atoms with Crippen LogP contribution in [0.2, 0.25) is 0 Å². The van der Waals surface area contributed by atoms with Gasteiger partial charge in [0, 0.05) is 0 Å². The Morgan fingerprint density at radius 2 is 1.57 bits per heavy atom. The van der Waals surface area contributed by atoms with Crippen molar-refractivity contribution in [2.75, 3.05) is 0 Å². The van der Waals surface area contributed by atoms with Gasteiger partial charge in [-0.1, -0.05) is 45.2 Å². The van der Waals surface area contributed by atoms with Crippen LogP contribution < -0.4 is 5.32 Å². The molecule has 0 aliphatic heterocycles. The first-order valence-corrected chi connectivity index (χ1v) is 11.1. The molecule has 1 amide bonds. The van der Waals surface area contributed by atoms with Gasteiger partial charge in [0.15, 0.2) is 0 Å². The van der Waals surface area contributed by atoms with E-state index < -0.39 is 11.5 Å². The van der Waals surface area contributed by atoms with Crippen LogP contribution >= 0.6 is 0 Å². The second kappa shape index (κ2) is 7.53. The molecule has 0 aromatic heterocycles. The zero-order valence-corrected chi connectivity index (χ0v) is 17.2. The van der Waals surface area contributed by atoms with Gasteiger partial charge in [-0.25, -0.2) is 4.79 Å². The van der Waals surface area contributed by atoms with Crippen LogP contribution in [0.15, 0.2) is 12.1 Å². The van der Waals surface area contributed by atoms with Gasteiger partial charge in [-0.05, 0) is 78.5 Å². The summed E-state index contributed by atoms with van der Waals surface area (Å²) in [6.07, 6.45) is 9.17. The largest absolute Gasteiger partial charge is 0.480 e. The fraction of sp³-hybridized carbons (Fsp3) is 0.667. The molecule has 152 valence electrons. The lowest BCUT2D eigenvalue weighted by Gasteiger charge is -2.34. The van der Waals surface area contributed by atoms with E-state index in [0.29, 0.717) is 30.6 Å². The molecule has 1 aromatic carbocycles. The number of hydrogen-bond acceptors (Lipinski definition) is 2. The van der Waals surface area contributed by atoms with Crippen molar-refractivity contribution < 1.29 is 14.7 Å². The summed E-state index contributed by atoms with van der Waals surface area (Å²) in [4.78, 5) is 24.7. The van der Waals surface area contributed by atoms with Crippen LogP contribution in [-0.2, 0) is 16.0 Å². The molecule has 2 N–H and O–H groups in total. The van der Waals surface area contributed by atoms with Crippen LogP contribution in [0.5, 0.6) is 0 Å². The molecule has 3 fully saturated rings. The standard InChI is InChI=1S/C24H33NO3/c1-15(2)22-19(17-6-7-17)12-16(13-20(22)18-8-9-18)14-21(26)25-24(23(27)28)10-4-3-5-11-24/h12-13,15,17-18H,3-11,14H2,1-2H3,(H,25,26)(H,27,28). The molecular weight excluding hydrogens is 350 g/mol. The molecule has 4 heteroatoms. The van der Waals surface area contributed by atoms with E-state index in [1.807, 2.05) is 0 Å². The number of amides is 1. The van der Waals surface area contributed by atoms with E-state index in [1.54, 1.807) is 0 Å². The number of carbonyl (C=O) groups excluding carboxylic acids is 1. The second-order valence-electron chi connectivity index (χ2n) is 9.56. The van der Waals surface area contributed by atoms with E-state index in [2.05, 4.69) is 31.3 Å². The summed E-state index contributed by atoms with van der Waals surface area (Å²) in [7, 11) is 0. The molecule has 0 spiro atoms. The molecule has 0 saturated heterocycles. The lowest BCUT2D eigenvalue weighted by atomic mass is 9.81. The maximum atomic E-state index is 12.8. The SMILES string of the molecule is CC(C)c1c(C2CC2)cc(CC(=O)NC2(C(=O)O)CCCCC2)cc1C1CC1. The zero-order valence-electron chi connectivity index (χ0n) is 17.2. The highest BCUT2D eigenvalue weighted by Gasteiger charge is 2.41. The van der Waals surface area contributed by atoms with Gasteiger partial charge in [0.05, 0.1) is 6.42 Å². The molecule has 0 unspecified atom stereocenters. The number of nitrogens with one attached hydrogen (secondary N) is 1. The number of carboxylic acid groups (broad SMARTS) is 1. The van der Waals surface area contributed by atoms with Crippen molar-refractivity contribution in [2.24, 2.45) is 0 Å². The van der Waals surface area contributed by atoms with Gasteiger partial charge in [0.2, 0.25) is 5.91 Å². The molecule has 3 aliphatic carbocycles. The van der Waals surface area contributed by atoms with Crippen LogP contribution in [0.4, 0.5) is 0 Å². The minimum atomic E-state index is -1.06. The van der Waals surface area contributed by atoms with E-state index in [1.165, 1.54) is 42.4 Å². The molecule has 0 bridgehead atoms. The quantitative estimate of drug-likeness (QED) is 0.695. The highest BCUT2D eigenvalue weighted by Crippen LogP contribution is 2.50. The highest BCUT2D eigenvalue weighted by molar-refractivity contribution is 5.88. The van der Waals surface area contributed by atoms with Crippen LogP contribution in [0, 0.1) is 0 Å². The maximum absolute atomic E-state index is 12.8. The summed E-state index contributed by atoms with van der Waals surface area (Å²) < 4.78 is 0. The summed E-state index contributed by atoms with van der Waals surface area (Å²) in [5.74, 6) is 0.785. The van der Waals surface area contributed by atoms with Crippen LogP contribution in [0.1, 0.15) is 112 Å². The van der Waals surface area contributed by atoms with Gasteiger partial charge in [0.1, 0.15) is 5.54 Å². The Hall–Kier alpha value is -1.84. The van der Waals surface area contributed by atoms with Crippen LogP contribution in [-0.4, -0.2) is 22.5 Å². The molecule has 0 atom stereocenters. The number of carbonyl (C=O) groups is 2.